The molecule has 0 fully saturated rings. The summed E-state index contributed by atoms with van der Waals surface area (Å²) in [6, 6.07) is 0.984. The molecule has 1 aromatic rings. The second kappa shape index (κ2) is 5.11. The largest absolute Gasteiger partial charge is 0.574 e. The summed E-state index contributed by atoms with van der Waals surface area (Å²) in [5.74, 6) is -1.65. The van der Waals surface area contributed by atoms with Crippen LogP contribution in [-0.4, -0.2) is 23.9 Å². The highest BCUT2D eigenvalue weighted by molar-refractivity contribution is 5.89. The predicted molar refractivity (Wildman–Crippen MR) is 54.4 cm³/mol. The Hall–Kier alpha value is -1.99. The average molecular weight is 265 g/mol. The molecule has 1 aromatic heterocycles. The number of carbonyl (C=O) groups excluding carboxylic acids is 1. The average Bonchev–Trinajstić information content (AvgIpc) is 2.21. The van der Waals surface area contributed by atoms with E-state index in [-0.39, 0.29) is 17.7 Å². The van der Waals surface area contributed by atoms with Crippen molar-refractivity contribution in [1.82, 2.24) is 4.98 Å². The van der Waals surface area contributed by atoms with Gasteiger partial charge in [0.2, 0.25) is 5.88 Å². The van der Waals surface area contributed by atoms with Crippen molar-refractivity contribution in [3.8, 4) is 5.88 Å². The minimum atomic E-state index is -4.92. The van der Waals surface area contributed by atoms with Gasteiger partial charge in [-0.25, -0.2) is 4.79 Å². The monoisotopic (exact) mass is 265 g/mol. The molecular formula is C10H10F3NO4. The van der Waals surface area contributed by atoms with E-state index in [0.717, 1.165) is 6.07 Å². The molecule has 1 heterocycles. The van der Waals surface area contributed by atoms with Gasteiger partial charge in [-0.05, 0) is 19.9 Å². The van der Waals surface area contributed by atoms with Crippen molar-refractivity contribution in [2.45, 2.75) is 20.2 Å². The van der Waals surface area contributed by atoms with Gasteiger partial charge in [-0.15, -0.1) is 13.2 Å². The Bertz CT molecular complexity index is 507. The number of aromatic nitrogens is 1. The molecule has 0 atom stereocenters. The van der Waals surface area contributed by atoms with Crippen LogP contribution in [-0.2, 0) is 4.74 Å². The van der Waals surface area contributed by atoms with Crippen molar-refractivity contribution < 1.29 is 27.4 Å². The van der Waals surface area contributed by atoms with Crippen LogP contribution >= 0.6 is 0 Å². The maximum atomic E-state index is 12.0. The number of rotatable bonds is 3. The van der Waals surface area contributed by atoms with Crippen LogP contribution in [0.5, 0.6) is 5.88 Å². The number of ether oxygens (including phenoxy) is 2. The topological polar surface area (TPSA) is 68.4 Å². The Kier molecular flexibility index (Phi) is 4.00. The summed E-state index contributed by atoms with van der Waals surface area (Å²) < 4.78 is 44.2. The lowest BCUT2D eigenvalue weighted by atomic mass is 10.2. The van der Waals surface area contributed by atoms with Gasteiger partial charge in [-0.1, -0.05) is 0 Å². The first kappa shape index (κ1) is 14.1. The molecule has 0 spiro atoms. The zero-order valence-electron chi connectivity index (χ0n) is 9.55. The maximum absolute atomic E-state index is 12.0. The standard InChI is InChI=1S/C10H10F3NO4/c1-3-17-9(16)6-4-5(2)8(14-7(6)15)18-10(11,12)13/h4H,3H2,1-2H3,(H,14,15). The summed E-state index contributed by atoms with van der Waals surface area (Å²) in [6.45, 7) is 2.86. The molecule has 5 nitrogen and oxygen atoms in total. The van der Waals surface area contributed by atoms with Gasteiger partial charge in [0.25, 0.3) is 5.56 Å². The van der Waals surface area contributed by atoms with Crippen LogP contribution in [0.25, 0.3) is 0 Å². The number of carbonyl (C=O) groups is 1. The highest BCUT2D eigenvalue weighted by Crippen LogP contribution is 2.23. The van der Waals surface area contributed by atoms with Gasteiger partial charge in [-0.2, -0.15) is 0 Å². The summed E-state index contributed by atoms with van der Waals surface area (Å²) in [5, 5.41) is 0. The van der Waals surface area contributed by atoms with E-state index in [0.29, 0.717) is 0 Å². The van der Waals surface area contributed by atoms with Gasteiger partial charge in [0.1, 0.15) is 5.56 Å². The van der Waals surface area contributed by atoms with Gasteiger partial charge >= 0.3 is 12.3 Å². The Morgan fingerprint density at radius 2 is 2.06 bits per heavy atom. The quantitative estimate of drug-likeness (QED) is 0.845. The van der Waals surface area contributed by atoms with Crippen molar-refractivity contribution in [2.24, 2.45) is 0 Å². The van der Waals surface area contributed by atoms with Crippen molar-refractivity contribution >= 4 is 5.97 Å². The van der Waals surface area contributed by atoms with Gasteiger partial charge in [0.05, 0.1) is 6.61 Å². The van der Waals surface area contributed by atoms with Crippen LogP contribution in [0.1, 0.15) is 22.8 Å². The SMILES string of the molecule is CCOC(=O)c1cc(C)c(OC(F)(F)F)[nH]c1=O. The third kappa shape index (κ3) is 3.51. The number of hydrogen-bond donors (Lipinski definition) is 1. The van der Waals surface area contributed by atoms with Crippen molar-refractivity contribution in [3.05, 3.63) is 27.5 Å². The molecule has 18 heavy (non-hydrogen) atoms. The zero-order chi connectivity index (χ0) is 13.9. The van der Waals surface area contributed by atoms with E-state index in [1.54, 1.807) is 6.92 Å². The molecule has 0 amide bonds. The molecule has 1 rings (SSSR count). The first-order valence-corrected chi connectivity index (χ1v) is 4.91. The highest BCUT2D eigenvalue weighted by atomic mass is 19.4. The summed E-state index contributed by atoms with van der Waals surface area (Å²) >= 11 is 0. The zero-order valence-corrected chi connectivity index (χ0v) is 9.55. The second-order valence-corrected chi connectivity index (χ2v) is 3.29. The molecule has 100 valence electrons. The van der Waals surface area contributed by atoms with E-state index >= 15 is 0 Å². The number of pyridine rings is 1. The fourth-order valence-corrected chi connectivity index (χ4v) is 1.20. The molecule has 0 aliphatic heterocycles. The van der Waals surface area contributed by atoms with E-state index in [1.807, 2.05) is 4.98 Å². The number of halogens is 3. The minimum absolute atomic E-state index is 0.0324. The van der Waals surface area contributed by atoms with Crippen LogP contribution in [0.2, 0.25) is 0 Å². The molecule has 8 heteroatoms. The molecule has 0 saturated heterocycles. The normalized spacial score (nSPS) is 11.2. The van der Waals surface area contributed by atoms with Crippen molar-refractivity contribution in [2.75, 3.05) is 6.61 Å². The molecular weight excluding hydrogens is 255 g/mol. The second-order valence-electron chi connectivity index (χ2n) is 3.29. The van der Waals surface area contributed by atoms with Crippen LogP contribution in [0, 0.1) is 6.92 Å². The number of aromatic amines is 1. The van der Waals surface area contributed by atoms with Gasteiger partial charge < -0.3 is 9.47 Å². The van der Waals surface area contributed by atoms with E-state index in [2.05, 4.69) is 9.47 Å². The Morgan fingerprint density at radius 1 is 1.44 bits per heavy atom. The van der Waals surface area contributed by atoms with Crippen molar-refractivity contribution in [1.29, 1.82) is 0 Å². The third-order valence-electron chi connectivity index (χ3n) is 1.90. The van der Waals surface area contributed by atoms with Crippen LogP contribution in [0.3, 0.4) is 0 Å². The molecule has 0 aromatic carbocycles. The van der Waals surface area contributed by atoms with Crippen LogP contribution in [0.4, 0.5) is 13.2 Å². The number of esters is 1. The molecule has 0 aliphatic carbocycles. The summed E-state index contributed by atoms with van der Waals surface area (Å²) in [4.78, 5) is 24.5. The van der Waals surface area contributed by atoms with E-state index < -0.39 is 23.8 Å². The lowest BCUT2D eigenvalue weighted by molar-refractivity contribution is -0.276. The van der Waals surface area contributed by atoms with E-state index in [4.69, 9.17) is 0 Å². The highest BCUT2D eigenvalue weighted by Gasteiger charge is 2.32. The molecule has 0 unspecified atom stereocenters. The van der Waals surface area contributed by atoms with Crippen LogP contribution in [0.15, 0.2) is 10.9 Å². The summed E-state index contributed by atoms with van der Waals surface area (Å²) in [5.41, 5.74) is -1.41. The molecule has 0 aliphatic rings. The maximum Gasteiger partial charge on any atom is 0.574 e. The smallest absolute Gasteiger partial charge is 0.462 e. The third-order valence-corrected chi connectivity index (χ3v) is 1.90. The summed E-state index contributed by atoms with van der Waals surface area (Å²) in [7, 11) is 0. The number of aryl methyl sites for hydroxylation is 1. The molecule has 0 bridgehead atoms. The Morgan fingerprint density at radius 3 is 2.56 bits per heavy atom. The fraction of sp³-hybridized carbons (Fsp3) is 0.400. The minimum Gasteiger partial charge on any atom is -0.462 e. The first-order valence-electron chi connectivity index (χ1n) is 4.91. The van der Waals surface area contributed by atoms with Crippen molar-refractivity contribution in [3.63, 3.8) is 0 Å². The fourth-order valence-electron chi connectivity index (χ4n) is 1.20. The molecule has 0 radical (unpaired) electrons. The van der Waals surface area contributed by atoms with E-state index in [9.17, 15) is 22.8 Å². The summed E-state index contributed by atoms with van der Waals surface area (Å²) in [6.07, 6.45) is -4.92. The first-order chi connectivity index (χ1) is 8.24. The predicted octanol–water partition coefficient (Wildman–Crippen LogP) is 1.76. The Balaban J connectivity index is 3.12. The van der Waals surface area contributed by atoms with Gasteiger partial charge in [0.15, 0.2) is 0 Å². The number of nitrogens with one attached hydrogen (secondary N) is 1. The lowest BCUT2D eigenvalue weighted by Crippen LogP contribution is -2.24. The van der Waals surface area contributed by atoms with Crippen LogP contribution < -0.4 is 10.3 Å². The number of hydrogen-bond acceptors (Lipinski definition) is 4. The van der Waals surface area contributed by atoms with Gasteiger partial charge in [0, 0.05) is 5.56 Å². The van der Waals surface area contributed by atoms with E-state index in [1.165, 1.54) is 6.92 Å². The molecule has 0 saturated carbocycles. The van der Waals surface area contributed by atoms with Gasteiger partial charge in [-0.3, -0.25) is 9.78 Å². The number of alkyl halides is 3. The Labute approximate surface area is 99.5 Å². The lowest BCUT2D eigenvalue weighted by Gasteiger charge is -2.11. The number of H-pyrrole nitrogens is 1. The molecule has 1 N–H and O–H groups in total.